The Morgan fingerprint density at radius 2 is 2.26 bits per heavy atom. The molecule has 6 heteroatoms. The molecule has 6 nitrogen and oxygen atoms in total. The highest BCUT2D eigenvalue weighted by atomic mass is 16.5. The van der Waals surface area contributed by atoms with Gasteiger partial charge in [-0.15, -0.1) is 0 Å². The Labute approximate surface area is 134 Å². The minimum absolute atomic E-state index is 0.0420. The van der Waals surface area contributed by atoms with E-state index in [4.69, 9.17) is 4.74 Å². The van der Waals surface area contributed by atoms with Crippen LogP contribution in [0.1, 0.15) is 13.8 Å². The van der Waals surface area contributed by atoms with E-state index in [1.165, 1.54) is 0 Å². The molecule has 0 saturated heterocycles. The van der Waals surface area contributed by atoms with Gasteiger partial charge in [-0.1, -0.05) is 19.9 Å². The largest absolute Gasteiger partial charge is 0.483 e. The van der Waals surface area contributed by atoms with E-state index in [9.17, 15) is 4.79 Å². The van der Waals surface area contributed by atoms with Gasteiger partial charge in [0.15, 0.2) is 6.61 Å². The van der Waals surface area contributed by atoms with Crippen LogP contribution in [0.5, 0.6) is 5.75 Å². The first-order valence-corrected chi connectivity index (χ1v) is 7.63. The lowest BCUT2D eigenvalue weighted by Crippen LogP contribution is -2.19. The lowest BCUT2D eigenvalue weighted by Gasteiger charge is -2.10. The Balaban J connectivity index is 1.70. The minimum atomic E-state index is -0.218. The maximum Gasteiger partial charge on any atom is 0.262 e. The molecule has 3 aromatic rings. The van der Waals surface area contributed by atoms with Crippen molar-refractivity contribution in [2.45, 2.75) is 20.4 Å². The van der Waals surface area contributed by atoms with E-state index < -0.39 is 0 Å². The summed E-state index contributed by atoms with van der Waals surface area (Å²) in [6.45, 7) is 5.28. The van der Waals surface area contributed by atoms with Gasteiger partial charge in [-0.2, -0.15) is 5.10 Å². The number of rotatable bonds is 6. The molecule has 1 amide bonds. The first-order chi connectivity index (χ1) is 11.1. The maximum atomic E-state index is 11.9. The number of H-pyrrole nitrogens is 1. The molecule has 0 spiro atoms. The summed E-state index contributed by atoms with van der Waals surface area (Å²) in [5.74, 6) is 1.06. The molecule has 2 N–H and O–H groups in total. The lowest BCUT2D eigenvalue weighted by atomic mass is 10.2. The van der Waals surface area contributed by atoms with Gasteiger partial charge in [-0.05, 0) is 24.1 Å². The number of amides is 1. The van der Waals surface area contributed by atoms with E-state index in [2.05, 4.69) is 46.2 Å². The number of nitrogens with zero attached hydrogens (tertiary/aromatic N) is 2. The Morgan fingerprint density at radius 3 is 3.00 bits per heavy atom. The number of aromatic amines is 1. The van der Waals surface area contributed by atoms with Crippen LogP contribution in [0.3, 0.4) is 0 Å². The summed E-state index contributed by atoms with van der Waals surface area (Å²) in [7, 11) is 0. The molecular formula is C17H20N4O2. The number of anilines is 1. The van der Waals surface area contributed by atoms with E-state index in [-0.39, 0.29) is 12.5 Å². The number of hydrogen-bond donors (Lipinski definition) is 2. The molecule has 0 unspecified atom stereocenters. The van der Waals surface area contributed by atoms with E-state index >= 15 is 0 Å². The van der Waals surface area contributed by atoms with Crippen LogP contribution in [-0.2, 0) is 11.3 Å². The van der Waals surface area contributed by atoms with Gasteiger partial charge in [-0.3, -0.25) is 9.89 Å². The highest BCUT2D eigenvalue weighted by molar-refractivity contribution is 5.92. The Hall–Kier alpha value is -2.76. The lowest BCUT2D eigenvalue weighted by molar-refractivity contribution is -0.118. The van der Waals surface area contributed by atoms with Gasteiger partial charge in [0, 0.05) is 24.3 Å². The summed E-state index contributed by atoms with van der Waals surface area (Å²) in [5, 5.41) is 10.1. The number of aromatic nitrogens is 3. The number of carbonyl (C=O) groups excluding carboxylic acids is 1. The van der Waals surface area contributed by atoms with Crippen LogP contribution < -0.4 is 10.1 Å². The van der Waals surface area contributed by atoms with Crippen molar-refractivity contribution in [3.63, 3.8) is 0 Å². The second-order valence-corrected chi connectivity index (χ2v) is 5.87. The summed E-state index contributed by atoms with van der Waals surface area (Å²) in [5.41, 5.74) is 1.74. The van der Waals surface area contributed by atoms with Crippen molar-refractivity contribution in [1.82, 2.24) is 14.8 Å². The fraction of sp³-hybridized carbons (Fsp3) is 0.294. The third-order valence-corrected chi connectivity index (χ3v) is 3.48. The summed E-state index contributed by atoms with van der Waals surface area (Å²) < 4.78 is 7.90. The molecule has 0 aliphatic heterocycles. The summed E-state index contributed by atoms with van der Waals surface area (Å²) in [6, 6.07) is 7.92. The van der Waals surface area contributed by atoms with E-state index in [0.29, 0.717) is 17.4 Å². The molecule has 3 rings (SSSR count). The fourth-order valence-electron chi connectivity index (χ4n) is 2.53. The second-order valence-electron chi connectivity index (χ2n) is 5.87. The van der Waals surface area contributed by atoms with Crippen LogP contribution >= 0.6 is 0 Å². The van der Waals surface area contributed by atoms with Gasteiger partial charge >= 0.3 is 0 Å². The number of hydrogen-bond acceptors (Lipinski definition) is 3. The van der Waals surface area contributed by atoms with Gasteiger partial charge < -0.3 is 14.6 Å². The molecule has 0 atom stereocenters. The molecule has 120 valence electrons. The molecule has 0 saturated carbocycles. The average Bonchev–Trinajstić information content (AvgIpc) is 3.15. The molecule has 23 heavy (non-hydrogen) atoms. The predicted molar refractivity (Wildman–Crippen MR) is 89.5 cm³/mol. The van der Waals surface area contributed by atoms with E-state index in [0.717, 1.165) is 17.4 Å². The third kappa shape index (κ3) is 3.53. The van der Waals surface area contributed by atoms with Crippen LogP contribution in [0.2, 0.25) is 0 Å². The highest BCUT2D eigenvalue weighted by Gasteiger charge is 2.10. The highest BCUT2D eigenvalue weighted by Crippen LogP contribution is 2.27. The van der Waals surface area contributed by atoms with Crippen molar-refractivity contribution in [3.05, 3.63) is 42.9 Å². The van der Waals surface area contributed by atoms with Crippen molar-refractivity contribution >= 4 is 22.5 Å². The zero-order valence-electron chi connectivity index (χ0n) is 13.2. The predicted octanol–water partition coefficient (Wildman–Crippen LogP) is 3.04. The maximum absolute atomic E-state index is 11.9. The third-order valence-electron chi connectivity index (χ3n) is 3.48. The Morgan fingerprint density at radius 1 is 1.39 bits per heavy atom. The molecular weight excluding hydrogens is 292 g/mol. The van der Waals surface area contributed by atoms with Gasteiger partial charge in [0.25, 0.3) is 5.91 Å². The Bertz CT molecular complexity index is 790. The van der Waals surface area contributed by atoms with Crippen molar-refractivity contribution < 1.29 is 9.53 Å². The van der Waals surface area contributed by atoms with Crippen LogP contribution in [0.25, 0.3) is 10.9 Å². The SMILES string of the molecule is CC(C)Cn1ccc2c(OCC(=O)Nc3cn[nH]c3)cccc21. The first-order valence-electron chi connectivity index (χ1n) is 7.63. The zero-order valence-corrected chi connectivity index (χ0v) is 13.2. The second kappa shape index (κ2) is 6.56. The quantitative estimate of drug-likeness (QED) is 0.735. The number of fused-ring (bicyclic) bond motifs is 1. The molecule has 0 radical (unpaired) electrons. The number of benzene rings is 1. The van der Waals surface area contributed by atoms with Gasteiger partial charge in [0.2, 0.25) is 0 Å². The van der Waals surface area contributed by atoms with E-state index in [1.807, 2.05) is 18.2 Å². The van der Waals surface area contributed by atoms with Gasteiger partial charge in [0.1, 0.15) is 5.75 Å². The standard InChI is InChI=1S/C17H20N4O2/c1-12(2)10-21-7-6-14-15(21)4-3-5-16(14)23-11-17(22)20-13-8-18-19-9-13/h3-9,12H,10-11H2,1-2H3,(H,18,19)(H,20,22). The average molecular weight is 312 g/mol. The molecule has 2 aromatic heterocycles. The summed E-state index contributed by atoms with van der Waals surface area (Å²) in [6.07, 6.45) is 5.22. The molecule has 0 aliphatic carbocycles. The number of nitrogens with one attached hydrogen (secondary N) is 2. The minimum Gasteiger partial charge on any atom is -0.483 e. The van der Waals surface area contributed by atoms with Gasteiger partial charge in [-0.25, -0.2) is 0 Å². The van der Waals surface area contributed by atoms with Crippen molar-refractivity contribution in [2.75, 3.05) is 11.9 Å². The van der Waals surface area contributed by atoms with Crippen LogP contribution in [0, 0.1) is 5.92 Å². The fourth-order valence-corrected chi connectivity index (χ4v) is 2.53. The Kier molecular flexibility index (Phi) is 4.32. The van der Waals surface area contributed by atoms with Crippen LogP contribution in [0.15, 0.2) is 42.9 Å². The molecule has 0 fully saturated rings. The zero-order chi connectivity index (χ0) is 16.2. The van der Waals surface area contributed by atoms with E-state index in [1.54, 1.807) is 12.4 Å². The normalized spacial score (nSPS) is 11.1. The summed E-state index contributed by atoms with van der Waals surface area (Å²) >= 11 is 0. The van der Waals surface area contributed by atoms with Crippen molar-refractivity contribution in [2.24, 2.45) is 5.92 Å². The molecule has 1 aromatic carbocycles. The topological polar surface area (TPSA) is 71.9 Å². The van der Waals surface area contributed by atoms with Crippen LogP contribution in [0.4, 0.5) is 5.69 Å². The molecule has 0 bridgehead atoms. The number of carbonyl (C=O) groups is 1. The number of ether oxygens (including phenoxy) is 1. The van der Waals surface area contributed by atoms with Crippen LogP contribution in [-0.4, -0.2) is 27.3 Å². The van der Waals surface area contributed by atoms with Crippen molar-refractivity contribution in [3.8, 4) is 5.75 Å². The van der Waals surface area contributed by atoms with Crippen molar-refractivity contribution in [1.29, 1.82) is 0 Å². The van der Waals surface area contributed by atoms with Gasteiger partial charge in [0.05, 0.1) is 17.4 Å². The molecule has 0 aliphatic rings. The first kappa shape index (κ1) is 15.1. The molecule has 2 heterocycles. The summed E-state index contributed by atoms with van der Waals surface area (Å²) in [4.78, 5) is 11.9. The monoisotopic (exact) mass is 312 g/mol. The smallest absolute Gasteiger partial charge is 0.262 e.